The summed E-state index contributed by atoms with van der Waals surface area (Å²) in [6.07, 6.45) is 0. The molecule has 2 heteroatoms. The van der Waals surface area contributed by atoms with Crippen LogP contribution in [0, 0.1) is 7.14 Å². The van der Waals surface area contributed by atoms with Crippen LogP contribution in [-0.2, 0) is 0 Å². The Labute approximate surface area is 111 Å². The highest BCUT2D eigenvalue weighted by Crippen LogP contribution is 2.25. The van der Waals surface area contributed by atoms with E-state index >= 15 is 0 Å². The number of hydrogen-bond donors (Lipinski definition) is 0. The predicted molar refractivity (Wildman–Crippen MR) is 77.3 cm³/mol. The molecule has 0 bridgehead atoms. The first kappa shape index (κ1) is 10.4. The lowest BCUT2D eigenvalue weighted by Crippen LogP contribution is -1.82. The number of hydrogen-bond acceptors (Lipinski definition) is 0. The molecular formula is C12H8I2. The van der Waals surface area contributed by atoms with E-state index in [0.29, 0.717) is 0 Å². The Kier molecular flexibility index (Phi) is 3.43. The largest absolute Gasteiger partial charge is 0.0616 e. The van der Waals surface area contributed by atoms with Crippen LogP contribution in [-0.4, -0.2) is 0 Å². The lowest BCUT2D eigenvalue weighted by Gasteiger charge is -2.04. The lowest BCUT2D eigenvalue weighted by molar-refractivity contribution is 1.56. The topological polar surface area (TPSA) is 0 Å². The average Bonchev–Trinajstić information content (AvgIpc) is 2.18. The zero-order valence-electron chi connectivity index (χ0n) is 7.37. The molecule has 0 aliphatic rings. The summed E-state index contributed by atoms with van der Waals surface area (Å²) in [7, 11) is 0. The van der Waals surface area contributed by atoms with E-state index in [0.717, 1.165) is 0 Å². The summed E-state index contributed by atoms with van der Waals surface area (Å²) in [5.74, 6) is 0. The van der Waals surface area contributed by atoms with Crippen LogP contribution in [0.15, 0.2) is 48.5 Å². The average molecular weight is 406 g/mol. The van der Waals surface area contributed by atoms with Gasteiger partial charge in [-0.15, -0.1) is 0 Å². The minimum atomic E-state index is 1.28. The zero-order valence-corrected chi connectivity index (χ0v) is 11.7. The molecule has 14 heavy (non-hydrogen) atoms. The van der Waals surface area contributed by atoms with Gasteiger partial charge < -0.3 is 0 Å². The van der Waals surface area contributed by atoms with E-state index < -0.39 is 0 Å². The quantitative estimate of drug-likeness (QED) is 0.610. The van der Waals surface area contributed by atoms with Gasteiger partial charge in [-0.2, -0.15) is 0 Å². The summed E-state index contributed by atoms with van der Waals surface area (Å²) in [4.78, 5) is 0. The standard InChI is InChI=1S/C12H8I2/c13-10-5-3-4-9(8-10)11-6-1-2-7-12(11)14/h1-8H. The number of halogens is 2. The first-order chi connectivity index (χ1) is 6.77. The zero-order chi connectivity index (χ0) is 9.97. The summed E-state index contributed by atoms with van der Waals surface area (Å²) < 4.78 is 2.58. The van der Waals surface area contributed by atoms with E-state index in [2.05, 4.69) is 93.7 Å². The van der Waals surface area contributed by atoms with Crippen molar-refractivity contribution in [3.05, 3.63) is 55.7 Å². The fraction of sp³-hybridized carbons (Fsp3) is 0. The maximum Gasteiger partial charge on any atom is 0.0208 e. The Morgan fingerprint density at radius 3 is 2.29 bits per heavy atom. The van der Waals surface area contributed by atoms with E-state index in [1.165, 1.54) is 18.3 Å². The molecule has 0 atom stereocenters. The van der Waals surface area contributed by atoms with Crippen LogP contribution in [0.3, 0.4) is 0 Å². The Bertz CT molecular complexity index is 450. The van der Waals surface area contributed by atoms with Crippen molar-refractivity contribution in [2.75, 3.05) is 0 Å². The van der Waals surface area contributed by atoms with Gasteiger partial charge in [0.1, 0.15) is 0 Å². The maximum absolute atomic E-state index is 2.37. The van der Waals surface area contributed by atoms with Crippen molar-refractivity contribution in [2.45, 2.75) is 0 Å². The van der Waals surface area contributed by atoms with Gasteiger partial charge in [-0.1, -0.05) is 30.3 Å². The van der Waals surface area contributed by atoms with Gasteiger partial charge in [0.2, 0.25) is 0 Å². The molecule has 2 rings (SSSR count). The molecule has 2 aromatic rings. The third kappa shape index (κ3) is 2.28. The highest BCUT2D eigenvalue weighted by molar-refractivity contribution is 14.1. The van der Waals surface area contributed by atoms with E-state index in [1.807, 2.05) is 0 Å². The predicted octanol–water partition coefficient (Wildman–Crippen LogP) is 4.56. The maximum atomic E-state index is 2.37. The fourth-order valence-corrected chi connectivity index (χ4v) is 2.59. The molecule has 0 unspecified atom stereocenters. The van der Waals surface area contributed by atoms with Crippen molar-refractivity contribution in [3.8, 4) is 11.1 Å². The van der Waals surface area contributed by atoms with Crippen LogP contribution >= 0.6 is 45.2 Å². The summed E-state index contributed by atoms with van der Waals surface area (Å²) in [5, 5.41) is 0. The number of rotatable bonds is 1. The first-order valence-electron chi connectivity index (χ1n) is 4.28. The Morgan fingerprint density at radius 1 is 0.786 bits per heavy atom. The molecule has 0 saturated carbocycles. The summed E-state index contributed by atoms with van der Waals surface area (Å²) >= 11 is 4.71. The highest BCUT2D eigenvalue weighted by atomic mass is 127. The molecule has 0 amide bonds. The van der Waals surface area contributed by atoms with Gasteiger partial charge in [-0.3, -0.25) is 0 Å². The number of benzene rings is 2. The van der Waals surface area contributed by atoms with Crippen molar-refractivity contribution in [2.24, 2.45) is 0 Å². The van der Waals surface area contributed by atoms with Gasteiger partial charge in [-0.25, -0.2) is 0 Å². The van der Waals surface area contributed by atoms with Crippen molar-refractivity contribution >= 4 is 45.2 Å². The second kappa shape index (κ2) is 4.61. The highest BCUT2D eigenvalue weighted by Gasteiger charge is 2.01. The van der Waals surface area contributed by atoms with Crippen molar-refractivity contribution < 1.29 is 0 Å². The van der Waals surface area contributed by atoms with Gasteiger partial charge in [-0.05, 0) is 74.5 Å². The molecule has 0 aliphatic heterocycles. The minimum Gasteiger partial charge on any atom is -0.0616 e. The molecule has 0 saturated heterocycles. The molecule has 70 valence electrons. The summed E-state index contributed by atoms with van der Waals surface area (Å²) in [6, 6.07) is 17.0. The monoisotopic (exact) mass is 406 g/mol. The van der Waals surface area contributed by atoms with Crippen LogP contribution in [0.4, 0.5) is 0 Å². The van der Waals surface area contributed by atoms with Crippen molar-refractivity contribution in [1.82, 2.24) is 0 Å². The smallest absolute Gasteiger partial charge is 0.0208 e. The van der Waals surface area contributed by atoms with Crippen LogP contribution in [0.5, 0.6) is 0 Å². The molecule has 0 spiro atoms. The van der Waals surface area contributed by atoms with E-state index in [1.54, 1.807) is 0 Å². The van der Waals surface area contributed by atoms with E-state index in [4.69, 9.17) is 0 Å². The molecule has 0 aliphatic carbocycles. The summed E-state index contributed by atoms with van der Waals surface area (Å²) in [5.41, 5.74) is 2.61. The van der Waals surface area contributed by atoms with Gasteiger partial charge in [0, 0.05) is 7.14 Å². The molecule has 2 aromatic carbocycles. The molecule has 0 N–H and O–H groups in total. The van der Waals surface area contributed by atoms with Gasteiger partial charge >= 0.3 is 0 Å². The van der Waals surface area contributed by atoms with Crippen LogP contribution < -0.4 is 0 Å². The first-order valence-corrected chi connectivity index (χ1v) is 6.43. The summed E-state index contributed by atoms with van der Waals surface area (Å²) in [6.45, 7) is 0. The van der Waals surface area contributed by atoms with Crippen molar-refractivity contribution in [1.29, 1.82) is 0 Å². The molecule has 0 radical (unpaired) electrons. The molecule has 0 aromatic heterocycles. The fourth-order valence-electron chi connectivity index (χ4n) is 1.35. The van der Waals surface area contributed by atoms with Crippen LogP contribution in [0.2, 0.25) is 0 Å². The molecule has 0 fully saturated rings. The van der Waals surface area contributed by atoms with Gasteiger partial charge in [0.05, 0.1) is 0 Å². The second-order valence-corrected chi connectivity index (χ2v) is 5.40. The van der Waals surface area contributed by atoms with Crippen LogP contribution in [0.25, 0.3) is 11.1 Å². The normalized spacial score (nSPS) is 10.1. The Hall–Kier alpha value is -0.100. The molecule has 0 nitrogen and oxygen atoms in total. The van der Waals surface area contributed by atoms with Crippen molar-refractivity contribution in [3.63, 3.8) is 0 Å². The van der Waals surface area contributed by atoms with Crippen LogP contribution in [0.1, 0.15) is 0 Å². The van der Waals surface area contributed by atoms with E-state index in [-0.39, 0.29) is 0 Å². The van der Waals surface area contributed by atoms with Gasteiger partial charge in [0.25, 0.3) is 0 Å². The Morgan fingerprint density at radius 2 is 1.57 bits per heavy atom. The second-order valence-electron chi connectivity index (χ2n) is 2.99. The Balaban J connectivity index is 2.55. The SMILES string of the molecule is Ic1cccc(-c2ccccc2I)c1. The van der Waals surface area contributed by atoms with E-state index in [9.17, 15) is 0 Å². The third-order valence-electron chi connectivity index (χ3n) is 2.01. The minimum absolute atomic E-state index is 1.28. The third-order valence-corrected chi connectivity index (χ3v) is 3.62. The van der Waals surface area contributed by atoms with Gasteiger partial charge in [0.15, 0.2) is 0 Å². The lowest BCUT2D eigenvalue weighted by atomic mass is 10.1. The molecule has 0 heterocycles. The molecular weight excluding hydrogens is 398 g/mol.